The van der Waals surface area contributed by atoms with Gasteiger partial charge in [-0.25, -0.2) is 4.98 Å². The van der Waals surface area contributed by atoms with E-state index in [0.29, 0.717) is 0 Å². The monoisotopic (exact) mass is 252 g/mol. The van der Waals surface area contributed by atoms with E-state index in [1.807, 2.05) is 11.3 Å². The molecule has 1 heterocycles. The second-order valence-corrected chi connectivity index (χ2v) is 8.02. The number of hydrogen-bond acceptors (Lipinski definition) is 3. The summed E-state index contributed by atoms with van der Waals surface area (Å²) in [5.41, 5.74) is 7.95. The second-order valence-electron chi connectivity index (χ2n) is 6.91. The summed E-state index contributed by atoms with van der Waals surface area (Å²) in [6.07, 6.45) is 3.72. The summed E-state index contributed by atoms with van der Waals surface area (Å²) in [5.74, 6) is 0. The molecule has 2 nitrogen and oxygen atoms in total. The highest BCUT2D eigenvalue weighted by Crippen LogP contribution is 2.42. The van der Waals surface area contributed by atoms with Crippen molar-refractivity contribution in [2.24, 2.45) is 11.1 Å². The van der Waals surface area contributed by atoms with Crippen molar-refractivity contribution in [1.29, 1.82) is 0 Å². The van der Waals surface area contributed by atoms with E-state index in [2.05, 4.69) is 34.6 Å². The van der Waals surface area contributed by atoms with Gasteiger partial charge in [0.15, 0.2) is 0 Å². The molecule has 1 aliphatic rings. The van der Waals surface area contributed by atoms with Gasteiger partial charge in [0, 0.05) is 10.3 Å². The molecule has 1 atom stereocenters. The second kappa shape index (κ2) is 4.06. The molecule has 0 spiro atoms. The number of rotatable bonds is 1. The molecule has 1 unspecified atom stereocenters. The van der Waals surface area contributed by atoms with Crippen LogP contribution in [0.25, 0.3) is 0 Å². The molecule has 0 saturated carbocycles. The molecule has 0 saturated heterocycles. The number of nitrogens with two attached hydrogens (primary N) is 1. The van der Waals surface area contributed by atoms with E-state index in [0.717, 1.165) is 5.01 Å². The summed E-state index contributed by atoms with van der Waals surface area (Å²) in [6, 6.07) is 0.0499. The normalized spacial score (nSPS) is 21.1. The highest BCUT2D eigenvalue weighted by Gasteiger charge is 2.33. The van der Waals surface area contributed by atoms with Crippen LogP contribution in [0.5, 0.6) is 0 Å². The third-order valence-electron chi connectivity index (χ3n) is 3.76. The van der Waals surface area contributed by atoms with Crippen molar-refractivity contribution in [2.75, 3.05) is 0 Å². The van der Waals surface area contributed by atoms with E-state index >= 15 is 0 Å². The Hall–Kier alpha value is -0.410. The van der Waals surface area contributed by atoms with E-state index < -0.39 is 0 Å². The molecular weight excluding hydrogens is 228 g/mol. The molecule has 1 aromatic heterocycles. The smallest absolute Gasteiger partial charge is 0.110 e. The quantitative estimate of drug-likeness (QED) is 0.825. The molecule has 0 fully saturated rings. The maximum absolute atomic E-state index is 6.32. The standard InChI is InChI=1S/C14H24N2S/c1-13(2,3)10(15)12-16-11-9(17-12)7-6-8-14(11,4)5/h10H,6-8,15H2,1-5H3. The Balaban J connectivity index is 2.38. The fourth-order valence-corrected chi connectivity index (χ4v) is 3.92. The van der Waals surface area contributed by atoms with Crippen molar-refractivity contribution in [1.82, 2.24) is 4.98 Å². The van der Waals surface area contributed by atoms with E-state index in [4.69, 9.17) is 10.7 Å². The Morgan fingerprint density at radius 1 is 1.35 bits per heavy atom. The molecule has 2 rings (SSSR count). The average molecular weight is 252 g/mol. The summed E-state index contributed by atoms with van der Waals surface area (Å²) in [5, 5.41) is 1.12. The third kappa shape index (κ3) is 2.41. The van der Waals surface area contributed by atoms with Crippen LogP contribution in [-0.4, -0.2) is 4.98 Å². The van der Waals surface area contributed by atoms with Gasteiger partial charge in [-0.1, -0.05) is 34.6 Å². The molecule has 3 heteroatoms. The summed E-state index contributed by atoms with van der Waals surface area (Å²) >= 11 is 1.84. The van der Waals surface area contributed by atoms with E-state index in [-0.39, 0.29) is 16.9 Å². The van der Waals surface area contributed by atoms with Crippen molar-refractivity contribution in [3.8, 4) is 0 Å². The van der Waals surface area contributed by atoms with Crippen LogP contribution in [0.4, 0.5) is 0 Å². The van der Waals surface area contributed by atoms with Gasteiger partial charge in [-0.15, -0.1) is 11.3 Å². The number of aryl methyl sites for hydroxylation is 1. The summed E-state index contributed by atoms with van der Waals surface area (Å²) in [7, 11) is 0. The van der Waals surface area contributed by atoms with Crippen LogP contribution in [0.2, 0.25) is 0 Å². The fourth-order valence-electron chi connectivity index (χ4n) is 2.38. The van der Waals surface area contributed by atoms with E-state index in [1.54, 1.807) is 0 Å². The van der Waals surface area contributed by atoms with Gasteiger partial charge >= 0.3 is 0 Å². The lowest BCUT2D eigenvalue weighted by Crippen LogP contribution is -2.27. The first kappa shape index (κ1) is 13.0. The van der Waals surface area contributed by atoms with Crippen molar-refractivity contribution in [3.63, 3.8) is 0 Å². The molecule has 2 N–H and O–H groups in total. The highest BCUT2D eigenvalue weighted by molar-refractivity contribution is 7.11. The lowest BCUT2D eigenvalue weighted by atomic mass is 9.79. The molecule has 96 valence electrons. The minimum absolute atomic E-state index is 0.0499. The lowest BCUT2D eigenvalue weighted by molar-refractivity contribution is 0.324. The maximum Gasteiger partial charge on any atom is 0.110 e. The highest BCUT2D eigenvalue weighted by atomic mass is 32.1. The Labute approximate surface area is 109 Å². The van der Waals surface area contributed by atoms with Crippen LogP contribution in [0, 0.1) is 5.41 Å². The van der Waals surface area contributed by atoms with Crippen LogP contribution in [-0.2, 0) is 11.8 Å². The molecule has 1 aromatic rings. The Bertz CT molecular complexity index is 412. The molecule has 1 aliphatic carbocycles. The number of hydrogen-bond donors (Lipinski definition) is 1. The van der Waals surface area contributed by atoms with Gasteiger partial charge in [0.05, 0.1) is 11.7 Å². The number of thiazole rings is 1. The first-order valence-corrected chi connectivity index (χ1v) is 7.29. The van der Waals surface area contributed by atoms with Crippen LogP contribution in [0.1, 0.15) is 69.1 Å². The summed E-state index contributed by atoms with van der Waals surface area (Å²) in [6.45, 7) is 11.2. The fraction of sp³-hybridized carbons (Fsp3) is 0.786. The van der Waals surface area contributed by atoms with Gasteiger partial charge in [-0.3, -0.25) is 0 Å². The molecule has 17 heavy (non-hydrogen) atoms. The van der Waals surface area contributed by atoms with Gasteiger partial charge in [-0.05, 0) is 24.7 Å². The number of nitrogens with zero attached hydrogens (tertiary/aromatic N) is 1. The molecule has 0 aliphatic heterocycles. The molecular formula is C14H24N2S. The van der Waals surface area contributed by atoms with Crippen molar-refractivity contribution in [2.45, 2.75) is 65.3 Å². The van der Waals surface area contributed by atoms with Crippen molar-refractivity contribution in [3.05, 3.63) is 15.6 Å². The van der Waals surface area contributed by atoms with Gasteiger partial charge in [-0.2, -0.15) is 0 Å². The molecule has 0 radical (unpaired) electrons. The van der Waals surface area contributed by atoms with Gasteiger partial charge in [0.1, 0.15) is 5.01 Å². The van der Waals surface area contributed by atoms with Crippen LogP contribution in [0.15, 0.2) is 0 Å². The first-order chi connectivity index (χ1) is 7.72. The minimum atomic E-state index is 0.0499. The summed E-state index contributed by atoms with van der Waals surface area (Å²) < 4.78 is 0. The predicted molar refractivity (Wildman–Crippen MR) is 74.5 cm³/mol. The first-order valence-electron chi connectivity index (χ1n) is 6.47. The van der Waals surface area contributed by atoms with Gasteiger partial charge in [0.25, 0.3) is 0 Å². The largest absolute Gasteiger partial charge is 0.322 e. The Morgan fingerprint density at radius 2 is 2.00 bits per heavy atom. The minimum Gasteiger partial charge on any atom is -0.322 e. The van der Waals surface area contributed by atoms with E-state index in [9.17, 15) is 0 Å². The van der Waals surface area contributed by atoms with Crippen molar-refractivity contribution >= 4 is 11.3 Å². The zero-order valence-electron chi connectivity index (χ0n) is 11.6. The van der Waals surface area contributed by atoms with Gasteiger partial charge in [0.2, 0.25) is 0 Å². The molecule has 0 bridgehead atoms. The van der Waals surface area contributed by atoms with Crippen LogP contribution in [0.3, 0.4) is 0 Å². The Morgan fingerprint density at radius 3 is 2.53 bits per heavy atom. The topological polar surface area (TPSA) is 38.9 Å². The lowest BCUT2D eigenvalue weighted by Gasteiger charge is -2.28. The molecule has 0 aromatic carbocycles. The van der Waals surface area contributed by atoms with Crippen LogP contribution >= 0.6 is 11.3 Å². The Kier molecular flexibility index (Phi) is 3.11. The third-order valence-corrected chi connectivity index (χ3v) is 4.96. The number of aromatic nitrogens is 1. The maximum atomic E-state index is 6.32. The van der Waals surface area contributed by atoms with E-state index in [1.165, 1.54) is 29.8 Å². The SMILES string of the molecule is CC1(C)CCCc2sc(C(N)C(C)(C)C)nc21. The zero-order chi connectivity index (χ0) is 12.8. The summed E-state index contributed by atoms with van der Waals surface area (Å²) in [4.78, 5) is 6.33. The number of fused-ring (bicyclic) bond motifs is 1. The average Bonchev–Trinajstić information content (AvgIpc) is 2.59. The van der Waals surface area contributed by atoms with Crippen LogP contribution < -0.4 is 5.73 Å². The molecule has 0 amide bonds. The van der Waals surface area contributed by atoms with Gasteiger partial charge < -0.3 is 5.73 Å². The zero-order valence-corrected chi connectivity index (χ0v) is 12.4. The van der Waals surface area contributed by atoms with Crippen molar-refractivity contribution < 1.29 is 0 Å². The predicted octanol–water partition coefficient (Wildman–Crippen LogP) is 3.80.